The summed E-state index contributed by atoms with van der Waals surface area (Å²) in [4.78, 5) is 26.1. The van der Waals surface area contributed by atoms with E-state index in [4.69, 9.17) is 0 Å². The number of hydrogen-bond donors (Lipinski definition) is 2. The molecule has 0 aliphatic carbocycles. The topological polar surface area (TPSA) is 61.2 Å². The number of nitrogens with one attached hydrogen (secondary N) is 2. The van der Waals surface area contributed by atoms with Gasteiger partial charge in [0.2, 0.25) is 11.8 Å². The summed E-state index contributed by atoms with van der Waals surface area (Å²) in [6.07, 6.45) is 0.624. The minimum atomic E-state index is -0.302. The van der Waals surface area contributed by atoms with E-state index in [0.717, 1.165) is 5.56 Å². The van der Waals surface area contributed by atoms with Crippen LogP contribution in [-0.4, -0.2) is 47.9 Å². The molecule has 2 N–H and O–H groups in total. The Morgan fingerprint density at radius 1 is 1.40 bits per heavy atom. The number of carbonyl (C=O) groups is 2. The van der Waals surface area contributed by atoms with E-state index in [2.05, 4.69) is 10.6 Å². The lowest BCUT2D eigenvalue weighted by Crippen LogP contribution is -2.60. The molecule has 2 amide bonds. The maximum absolute atomic E-state index is 12.2. The van der Waals surface area contributed by atoms with Crippen molar-refractivity contribution in [1.82, 2.24) is 15.5 Å². The minimum absolute atomic E-state index is 0.00874. The maximum atomic E-state index is 12.2. The number of nitrogens with zero attached hydrogens (tertiary/aromatic N) is 1. The molecule has 2 aliphatic rings. The summed E-state index contributed by atoms with van der Waals surface area (Å²) >= 11 is 0. The molecular formula is C15H19N3O2. The molecule has 1 aromatic rings. The van der Waals surface area contributed by atoms with E-state index in [-0.39, 0.29) is 29.9 Å². The highest BCUT2D eigenvalue weighted by molar-refractivity contribution is 5.92. The molecule has 0 bridgehead atoms. The Bertz CT molecular complexity index is 517. The summed E-state index contributed by atoms with van der Waals surface area (Å²) in [5.74, 6) is 0.102. The van der Waals surface area contributed by atoms with Crippen molar-refractivity contribution in [2.45, 2.75) is 31.5 Å². The van der Waals surface area contributed by atoms with Gasteiger partial charge in [0.15, 0.2) is 0 Å². The lowest BCUT2D eigenvalue weighted by Gasteiger charge is -2.29. The zero-order valence-corrected chi connectivity index (χ0v) is 11.5. The number of piperazine rings is 1. The van der Waals surface area contributed by atoms with Gasteiger partial charge in [-0.05, 0) is 18.9 Å². The molecule has 3 atom stereocenters. The molecule has 0 spiro atoms. The van der Waals surface area contributed by atoms with Crippen LogP contribution in [0.5, 0.6) is 0 Å². The van der Waals surface area contributed by atoms with E-state index < -0.39 is 0 Å². The van der Waals surface area contributed by atoms with Crippen molar-refractivity contribution in [3.63, 3.8) is 0 Å². The third-order valence-electron chi connectivity index (χ3n) is 3.91. The van der Waals surface area contributed by atoms with Crippen LogP contribution >= 0.6 is 0 Å². The zero-order chi connectivity index (χ0) is 14.1. The van der Waals surface area contributed by atoms with Gasteiger partial charge in [-0.25, -0.2) is 0 Å². The maximum Gasteiger partial charge on any atom is 0.240 e. The van der Waals surface area contributed by atoms with Crippen LogP contribution in [0.2, 0.25) is 0 Å². The molecule has 2 saturated heterocycles. The largest absolute Gasteiger partial charge is 0.355 e. The second-order valence-electron chi connectivity index (χ2n) is 5.34. The van der Waals surface area contributed by atoms with Crippen LogP contribution in [0.4, 0.5) is 0 Å². The molecule has 2 fully saturated rings. The molecule has 5 nitrogen and oxygen atoms in total. The van der Waals surface area contributed by atoms with E-state index in [1.807, 2.05) is 37.3 Å². The second-order valence-corrected chi connectivity index (χ2v) is 5.34. The summed E-state index contributed by atoms with van der Waals surface area (Å²) in [7, 11) is 0. The quantitative estimate of drug-likeness (QED) is 0.754. The second kappa shape index (κ2) is 5.25. The monoisotopic (exact) mass is 273 g/mol. The van der Waals surface area contributed by atoms with Crippen LogP contribution in [0.25, 0.3) is 0 Å². The van der Waals surface area contributed by atoms with E-state index in [0.29, 0.717) is 19.5 Å². The van der Waals surface area contributed by atoms with E-state index in [1.165, 1.54) is 0 Å². The molecule has 0 radical (unpaired) electrons. The molecule has 0 aromatic heterocycles. The van der Waals surface area contributed by atoms with E-state index in [9.17, 15) is 9.59 Å². The molecule has 1 unspecified atom stereocenters. The lowest BCUT2D eigenvalue weighted by molar-refractivity contribution is -0.133. The number of hydrogen-bond acceptors (Lipinski definition) is 3. The van der Waals surface area contributed by atoms with Crippen LogP contribution in [0, 0.1) is 0 Å². The van der Waals surface area contributed by atoms with Crippen molar-refractivity contribution in [3.05, 3.63) is 35.9 Å². The van der Waals surface area contributed by atoms with Crippen molar-refractivity contribution in [3.8, 4) is 0 Å². The highest BCUT2D eigenvalue weighted by Gasteiger charge is 2.53. The van der Waals surface area contributed by atoms with Gasteiger partial charge < -0.3 is 10.2 Å². The van der Waals surface area contributed by atoms with Crippen LogP contribution < -0.4 is 10.6 Å². The number of likely N-dealkylation sites (N-methyl/N-ethyl adjacent to an activating group) is 1. The van der Waals surface area contributed by atoms with Gasteiger partial charge in [-0.3, -0.25) is 14.9 Å². The molecular weight excluding hydrogens is 254 g/mol. The van der Waals surface area contributed by atoms with Gasteiger partial charge in [-0.2, -0.15) is 0 Å². The van der Waals surface area contributed by atoms with Gasteiger partial charge in [0.05, 0.1) is 12.1 Å². The summed E-state index contributed by atoms with van der Waals surface area (Å²) in [6, 6.07) is 9.35. The van der Waals surface area contributed by atoms with Crippen molar-refractivity contribution >= 4 is 11.8 Å². The number of amides is 2. The van der Waals surface area contributed by atoms with E-state index in [1.54, 1.807) is 4.90 Å². The number of benzene rings is 1. The molecule has 2 heterocycles. The summed E-state index contributed by atoms with van der Waals surface area (Å²) in [6.45, 7) is 3.21. The van der Waals surface area contributed by atoms with Crippen LogP contribution in [0.3, 0.4) is 0 Å². The van der Waals surface area contributed by atoms with Gasteiger partial charge in [-0.15, -0.1) is 0 Å². The standard InChI is InChI=1S/C15H19N3O2/c1-2-16-14(19)13-12-9-18(12)15(20)11(17-13)8-10-6-4-3-5-7-10/h3-7,11-13,17H,2,8-9H2,1H3,(H,16,19)/t11-,12-,13?,18?/m0/s1. The predicted molar refractivity (Wildman–Crippen MR) is 75.0 cm³/mol. The van der Waals surface area contributed by atoms with Gasteiger partial charge in [0, 0.05) is 13.1 Å². The van der Waals surface area contributed by atoms with Crippen LogP contribution in [0.15, 0.2) is 30.3 Å². The number of carbonyl (C=O) groups excluding carboxylic acids is 2. The Kier molecular flexibility index (Phi) is 3.44. The van der Waals surface area contributed by atoms with Crippen LogP contribution in [-0.2, 0) is 16.0 Å². The average molecular weight is 273 g/mol. The fourth-order valence-corrected chi connectivity index (χ4v) is 2.82. The lowest BCUT2D eigenvalue weighted by atomic mass is 10.0. The molecule has 20 heavy (non-hydrogen) atoms. The Labute approximate surface area is 118 Å². The summed E-state index contributed by atoms with van der Waals surface area (Å²) < 4.78 is 0. The highest BCUT2D eigenvalue weighted by atomic mass is 16.2. The minimum Gasteiger partial charge on any atom is -0.355 e. The SMILES string of the molecule is CCNC(=O)C1N[C@@H](Cc2ccccc2)C(=O)N2C[C@@H]12. The molecule has 0 saturated carbocycles. The molecule has 5 heteroatoms. The Hall–Kier alpha value is -1.88. The van der Waals surface area contributed by atoms with Crippen molar-refractivity contribution in [2.24, 2.45) is 0 Å². The smallest absolute Gasteiger partial charge is 0.240 e. The summed E-state index contributed by atoms with van der Waals surface area (Å²) in [5.41, 5.74) is 1.10. The third kappa shape index (κ3) is 2.41. The van der Waals surface area contributed by atoms with Gasteiger partial charge in [0.25, 0.3) is 0 Å². The Balaban J connectivity index is 1.71. The molecule has 1 aromatic carbocycles. The van der Waals surface area contributed by atoms with Crippen molar-refractivity contribution < 1.29 is 9.59 Å². The van der Waals surface area contributed by atoms with Crippen molar-refractivity contribution in [1.29, 1.82) is 0 Å². The fraction of sp³-hybridized carbons (Fsp3) is 0.467. The van der Waals surface area contributed by atoms with E-state index >= 15 is 0 Å². The van der Waals surface area contributed by atoms with Gasteiger partial charge >= 0.3 is 0 Å². The molecule has 106 valence electrons. The Morgan fingerprint density at radius 2 is 2.15 bits per heavy atom. The zero-order valence-electron chi connectivity index (χ0n) is 11.5. The predicted octanol–water partition coefficient (Wildman–Crippen LogP) is -0.0836. The first-order valence-electron chi connectivity index (χ1n) is 7.09. The number of rotatable bonds is 4. The van der Waals surface area contributed by atoms with Crippen molar-refractivity contribution in [2.75, 3.05) is 13.1 Å². The summed E-state index contributed by atoms with van der Waals surface area (Å²) in [5, 5.41) is 6.06. The molecule has 2 aliphatic heterocycles. The number of fused-ring (bicyclic) bond motifs is 1. The van der Waals surface area contributed by atoms with Gasteiger partial charge in [0.1, 0.15) is 6.04 Å². The fourth-order valence-electron chi connectivity index (χ4n) is 2.82. The first-order valence-corrected chi connectivity index (χ1v) is 7.09. The average Bonchev–Trinajstić information content (AvgIpc) is 3.24. The Morgan fingerprint density at radius 3 is 2.85 bits per heavy atom. The first-order chi connectivity index (χ1) is 9.70. The first kappa shape index (κ1) is 13.1. The highest BCUT2D eigenvalue weighted by Crippen LogP contribution is 2.28. The van der Waals surface area contributed by atoms with Crippen LogP contribution in [0.1, 0.15) is 12.5 Å². The molecule has 3 rings (SSSR count). The normalized spacial score (nSPS) is 27.9. The van der Waals surface area contributed by atoms with Gasteiger partial charge in [-0.1, -0.05) is 30.3 Å². The third-order valence-corrected chi connectivity index (χ3v) is 3.91.